The first-order valence-electron chi connectivity index (χ1n) is 6.63. The molecule has 1 unspecified atom stereocenters. The van der Waals surface area contributed by atoms with E-state index in [9.17, 15) is 18.0 Å². The van der Waals surface area contributed by atoms with Gasteiger partial charge in [0.1, 0.15) is 5.75 Å². The molecule has 1 N–H and O–H groups in total. The summed E-state index contributed by atoms with van der Waals surface area (Å²) in [5, 5.41) is 9.23. The van der Waals surface area contributed by atoms with E-state index in [0.29, 0.717) is 0 Å². The van der Waals surface area contributed by atoms with Gasteiger partial charge in [0.2, 0.25) is 6.10 Å². The van der Waals surface area contributed by atoms with E-state index >= 15 is 0 Å². The van der Waals surface area contributed by atoms with Crippen molar-refractivity contribution in [3.63, 3.8) is 0 Å². The Morgan fingerprint density at radius 3 is 2.57 bits per heavy atom. The number of hydrogen-bond acceptors (Lipinski definition) is 2. The first kappa shape index (κ1) is 17.2. The van der Waals surface area contributed by atoms with Gasteiger partial charge in [-0.25, -0.2) is 4.79 Å². The number of ether oxygens (including phenoxy) is 1. The van der Waals surface area contributed by atoms with Crippen LogP contribution in [0.4, 0.5) is 13.2 Å². The molecule has 0 aromatic heterocycles. The number of fused-ring (bicyclic) bond motifs is 1. The van der Waals surface area contributed by atoms with Crippen LogP contribution in [0.1, 0.15) is 25.0 Å². The summed E-state index contributed by atoms with van der Waals surface area (Å²) in [6, 6.07) is 2.73. The second-order valence-electron chi connectivity index (χ2n) is 5.24. The fraction of sp³-hybridized carbons (Fsp3) is 0.312. The van der Waals surface area contributed by atoms with Crippen molar-refractivity contribution in [1.82, 2.24) is 0 Å². The zero-order chi connectivity index (χ0) is 17.4. The first-order valence-corrected chi connectivity index (χ1v) is 7.00. The van der Waals surface area contributed by atoms with Crippen LogP contribution in [0.25, 0.3) is 6.08 Å². The maximum Gasteiger partial charge on any atom is 0.430 e. The molecule has 0 spiro atoms. The smallest absolute Gasteiger partial charge is 0.430 e. The molecular weight excluding hydrogens is 333 g/mol. The predicted molar refractivity (Wildman–Crippen MR) is 79.3 cm³/mol. The van der Waals surface area contributed by atoms with E-state index in [1.54, 1.807) is 0 Å². The Labute approximate surface area is 135 Å². The lowest BCUT2D eigenvalue weighted by Gasteiger charge is -2.27. The average Bonchev–Trinajstić information content (AvgIpc) is 2.41. The highest BCUT2D eigenvalue weighted by molar-refractivity contribution is 6.31. The van der Waals surface area contributed by atoms with Gasteiger partial charge in [0.15, 0.2) is 0 Å². The van der Waals surface area contributed by atoms with Gasteiger partial charge in [0.05, 0.1) is 11.1 Å². The van der Waals surface area contributed by atoms with Crippen LogP contribution >= 0.6 is 11.6 Å². The summed E-state index contributed by atoms with van der Waals surface area (Å²) >= 11 is 5.93. The van der Waals surface area contributed by atoms with Gasteiger partial charge in [-0.15, -0.1) is 0 Å². The fourth-order valence-corrected chi connectivity index (χ4v) is 2.24. The number of alkyl halides is 3. The SMILES string of the molecule is CC(C)C#Cc1cc(Cl)cc2c1OC(C(F)(F)F)C(C(=O)O)=C2. The van der Waals surface area contributed by atoms with Crippen LogP contribution in [0.2, 0.25) is 5.02 Å². The van der Waals surface area contributed by atoms with Crippen LogP contribution in [0.15, 0.2) is 17.7 Å². The first-order chi connectivity index (χ1) is 10.6. The van der Waals surface area contributed by atoms with E-state index in [4.69, 9.17) is 21.4 Å². The van der Waals surface area contributed by atoms with E-state index in [2.05, 4.69) is 11.8 Å². The van der Waals surface area contributed by atoms with Crippen molar-refractivity contribution in [2.24, 2.45) is 5.92 Å². The number of halogens is 4. The quantitative estimate of drug-likeness (QED) is 0.779. The lowest BCUT2D eigenvalue weighted by molar-refractivity contribution is -0.187. The molecule has 0 radical (unpaired) electrons. The molecule has 1 aromatic carbocycles. The Kier molecular flexibility index (Phi) is 4.62. The molecule has 0 saturated carbocycles. The summed E-state index contributed by atoms with van der Waals surface area (Å²) in [6.45, 7) is 3.65. The summed E-state index contributed by atoms with van der Waals surface area (Å²) in [5.41, 5.74) is -0.547. The zero-order valence-corrected chi connectivity index (χ0v) is 12.9. The van der Waals surface area contributed by atoms with Crippen molar-refractivity contribution in [1.29, 1.82) is 0 Å². The molecule has 23 heavy (non-hydrogen) atoms. The van der Waals surface area contributed by atoms with Crippen molar-refractivity contribution >= 4 is 23.6 Å². The molecule has 0 amide bonds. The fourth-order valence-electron chi connectivity index (χ4n) is 2.01. The van der Waals surface area contributed by atoms with Crippen LogP contribution in [0, 0.1) is 17.8 Å². The Balaban J connectivity index is 2.64. The van der Waals surface area contributed by atoms with Crippen LogP contribution < -0.4 is 4.74 Å². The van der Waals surface area contributed by atoms with E-state index < -0.39 is 23.8 Å². The largest absolute Gasteiger partial charge is 0.478 e. The Morgan fingerprint density at radius 1 is 1.39 bits per heavy atom. The molecule has 122 valence electrons. The minimum absolute atomic E-state index is 0.00300. The van der Waals surface area contributed by atoms with Gasteiger partial charge in [-0.05, 0) is 18.2 Å². The Morgan fingerprint density at radius 2 is 2.04 bits per heavy atom. The second kappa shape index (κ2) is 6.17. The summed E-state index contributed by atoms with van der Waals surface area (Å²) < 4.78 is 44.2. The highest BCUT2D eigenvalue weighted by Crippen LogP contribution is 2.40. The molecule has 0 aliphatic carbocycles. The van der Waals surface area contributed by atoms with E-state index in [0.717, 1.165) is 6.08 Å². The van der Waals surface area contributed by atoms with Crippen LogP contribution in [-0.4, -0.2) is 23.4 Å². The maximum atomic E-state index is 13.1. The summed E-state index contributed by atoms with van der Waals surface area (Å²) in [4.78, 5) is 11.1. The van der Waals surface area contributed by atoms with Crippen molar-refractivity contribution < 1.29 is 27.8 Å². The number of rotatable bonds is 1. The normalized spacial score (nSPS) is 16.8. The highest BCUT2D eigenvalue weighted by Gasteiger charge is 2.48. The van der Waals surface area contributed by atoms with E-state index in [1.807, 2.05) is 13.8 Å². The number of benzene rings is 1. The molecule has 1 aliphatic rings. The van der Waals surface area contributed by atoms with Crippen LogP contribution in [0.5, 0.6) is 5.75 Å². The Hall–Kier alpha value is -2.13. The minimum atomic E-state index is -4.86. The molecule has 3 nitrogen and oxygen atoms in total. The van der Waals surface area contributed by atoms with Gasteiger partial charge < -0.3 is 9.84 Å². The van der Waals surface area contributed by atoms with Gasteiger partial charge in [0.25, 0.3) is 0 Å². The molecule has 1 aromatic rings. The summed E-state index contributed by atoms with van der Waals surface area (Å²) in [7, 11) is 0. The molecule has 1 heterocycles. The topological polar surface area (TPSA) is 46.5 Å². The number of carboxylic acid groups (broad SMARTS) is 1. The van der Waals surface area contributed by atoms with E-state index in [1.165, 1.54) is 12.1 Å². The van der Waals surface area contributed by atoms with Gasteiger partial charge in [-0.1, -0.05) is 37.3 Å². The standard InChI is InChI=1S/C16H12ClF3O3/c1-8(2)3-4-9-5-11(17)6-10-7-12(15(21)22)14(16(18,19)20)23-13(9)10/h5-8,14H,1-2H3,(H,21,22). The van der Waals surface area contributed by atoms with Gasteiger partial charge in [-0.3, -0.25) is 0 Å². The monoisotopic (exact) mass is 344 g/mol. The average molecular weight is 345 g/mol. The summed E-state index contributed by atoms with van der Waals surface area (Å²) in [5.74, 6) is 3.73. The Bertz CT molecular complexity index is 739. The number of carboxylic acids is 1. The van der Waals surface area contributed by atoms with Crippen LogP contribution in [0.3, 0.4) is 0 Å². The van der Waals surface area contributed by atoms with Crippen molar-refractivity contribution in [3.8, 4) is 17.6 Å². The predicted octanol–water partition coefficient (Wildman–Crippen LogP) is 4.14. The molecule has 2 rings (SSSR count). The van der Waals surface area contributed by atoms with Crippen molar-refractivity contribution in [3.05, 3.63) is 33.9 Å². The molecule has 7 heteroatoms. The maximum absolute atomic E-state index is 13.1. The molecule has 0 saturated heterocycles. The molecule has 1 aliphatic heterocycles. The third-order valence-corrected chi connectivity index (χ3v) is 3.17. The molecule has 0 bridgehead atoms. The van der Waals surface area contributed by atoms with Gasteiger partial charge in [0, 0.05) is 16.5 Å². The van der Waals surface area contributed by atoms with Crippen molar-refractivity contribution in [2.75, 3.05) is 0 Å². The lowest BCUT2D eigenvalue weighted by atomic mass is 9.98. The third-order valence-electron chi connectivity index (χ3n) is 2.95. The number of carbonyl (C=O) groups is 1. The third kappa shape index (κ3) is 3.80. The van der Waals surface area contributed by atoms with Crippen LogP contribution in [-0.2, 0) is 4.79 Å². The molecular formula is C16H12ClF3O3. The minimum Gasteiger partial charge on any atom is -0.478 e. The van der Waals surface area contributed by atoms with Crippen molar-refractivity contribution in [2.45, 2.75) is 26.1 Å². The summed E-state index contributed by atoms with van der Waals surface area (Å²) in [6.07, 6.45) is -6.48. The molecule has 1 atom stereocenters. The number of aliphatic carboxylic acids is 1. The molecule has 0 fully saturated rings. The van der Waals surface area contributed by atoms with Gasteiger partial charge in [-0.2, -0.15) is 13.2 Å². The van der Waals surface area contributed by atoms with E-state index in [-0.39, 0.29) is 27.8 Å². The number of hydrogen-bond donors (Lipinski definition) is 1. The van der Waals surface area contributed by atoms with Gasteiger partial charge >= 0.3 is 12.1 Å². The zero-order valence-electron chi connectivity index (χ0n) is 12.2. The lowest BCUT2D eigenvalue weighted by Crippen LogP contribution is -2.40. The second-order valence-corrected chi connectivity index (χ2v) is 5.68. The highest BCUT2D eigenvalue weighted by atomic mass is 35.5.